The van der Waals surface area contributed by atoms with Gasteiger partial charge in [-0.25, -0.2) is 0 Å². The monoisotopic (exact) mass is 398 g/mol. The molecule has 3 N–H and O–H groups in total. The molecular weight excluding hydrogens is 360 g/mol. The number of amides is 1. The first-order valence-corrected chi connectivity index (χ1v) is 10.5. The van der Waals surface area contributed by atoms with Gasteiger partial charge < -0.3 is 25.3 Å². The Kier molecular flexibility index (Phi) is 14.7. The minimum absolute atomic E-state index is 0.0843. The molecule has 0 saturated heterocycles. The summed E-state index contributed by atoms with van der Waals surface area (Å²) in [4.78, 5) is 23.2. The van der Waals surface area contributed by atoms with Crippen molar-refractivity contribution in [2.45, 2.75) is 45.4 Å². The number of nitrogens with two attached hydrogens (primary N) is 1. The second kappa shape index (κ2) is 16.7. The molecule has 28 heavy (non-hydrogen) atoms. The minimum Gasteiger partial charge on any atom is -0.379 e. The summed E-state index contributed by atoms with van der Waals surface area (Å²) in [5.74, 6) is 0.761. The summed E-state index contributed by atoms with van der Waals surface area (Å²) < 4.78 is 16.2. The maximum Gasteiger partial charge on any atom is 0.223 e. The van der Waals surface area contributed by atoms with Gasteiger partial charge >= 0.3 is 0 Å². The number of carbonyl (C=O) groups is 2. The Labute approximate surface area is 169 Å². The third-order valence-corrected chi connectivity index (χ3v) is 4.75. The fourth-order valence-corrected chi connectivity index (χ4v) is 3.10. The molecule has 0 atom stereocenters. The topological polar surface area (TPSA) is 99.9 Å². The highest BCUT2D eigenvalue weighted by Gasteiger charge is 2.24. The van der Waals surface area contributed by atoms with Crippen molar-refractivity contribution in [1.29, 1.82) is 0 Å². The Hall–Kier alpha value is -1.28. The second-order valence-corrected chi connectivity index (χ2v) is 7.21. The van der Waals surface area contributed by atoms with E-state index in [0.29, 0.717) is 58.6 Å². The Morgan fingerprint density at radius 2 is 1.50 bits per heavy atom. The molecule has 0 aliphatic heterocycles. The Morgan fingerprint density at radius 1 is 0.929 bits per heavy atom. The van der Waals surface area contributed by atoms with E-state index < -0.39 is 0 Å². The molecule has 0 radical (unpaired) electrons. The van der Waals surface area contributed by atoms with E-state index in [0.717, 1.165) is 38.5 Å². The van der Waals surface area contributed by atoms with Crippen molar-refractivity contribution in [2.75, 3.05) is 52.7 Å². The van der Waals surface area contributed by atoms with Gasteiger partial charge in [-0.05, 0) is 64.0 Å². The van der Waals surface area contributed by atoms with Gasteiger partial charge in [-0.3, -0.25) is 9.59 Å². The predicted octanol–water partition coefficient (Wildman–Crippen LogP) is 1.84. The largest absolute Gasteiger partial charge is 0.379 e. The van der Waals surface area contributed by atoms with Crippen molar-refractivity contribution < 1.29 is 23.8 Å². The number of ether oxygens (including phenoxy) is 3. The van der Waals surface area contributed by atoms with E-state index in [9.17, 15) is 9.59 Å². The van der Waals surface area contributed by atoms with E-state index in [4.69, 9.17) is 19.9 Å². The number of allylic oxidation sites excluding steroid dienone is 2. The number of rotatable bonds is 16. The smallest absolute Gasteiger partial charge is 0.223 e. The van der Waals surface area contributed by atoms with E-state index >= 15 is 0 Å². The van der Waals surface area contributed by atoms with Gasteiger partial charge in [-0.15, -0.1) is 0 Å². The zero-order chi connectivity index (χ0) is 20.5. The number of hydrogen-bond acceptors (Lipinski definition) is 6. The number of hydrogen-bond donors (Lipinski definition) is 2. The summed E-state index contributed by atoms with van der Waals surface area (Å²) >= 11 is 0. The molecular formula is C21H38N2O5. The van der Waals surface area contributed by atoms with E-state index in [2.05, 4.69) is 5.32 Å². The average molecular weight is 399 g/mol. The van der Waals surface area contributed by atoms with Crippen LogP contribution >= 0.6 is 0 Å². The first kappa shape index (κ1) is 24.8. The van der Waals surface area contributed by atoms with Gasteiger partial charge in [0.05, 0.1) is 26.4 Å². The summed E-state index contributed by atoms with van der Waals surface area (Å²) in [5, 5.41) is 3.01. The lowest BCUT2D eigenvalue weighted by Crippen LogP contribution is -2.34. The highest BCUT2D eigenvalue weighted by atomic mass is 16.5. The number of nitrogens with one attached hydrogen (secondary N) is 1. The van der Waals surface area contributed by atoms with Crippen LogP contribution in [0.3, 0.4) is 0 Å². The van der Waals surface area contributed by atoms with E-state index in [-0.39, 0.29) is 17.6 Å². The van der Waals surface area contributed by atoms with Gasteiger partial charge in [0.25, 0.3) is 0 Å². The molecule has 0 aromatic heterocycles. The maximum absolute atomic E-state index is 12.2. The molecule has 1 aliphatic rings. The summed E-state index contributed by atoms with van der Waals surface area (Å²) in [6.45, 7) is 6.39. The van der Waals surface area contributed by atoms with Crippen LogP contribution in [0, 0.1) is 11.8 Å². The Bertz CT molecular complexity index is 448. The predicted molar refractivity (Wildman–Crippen MR) is 109 cm³/mol. The summed E-state index contributed by atoms with van der Waals surface area (Å²) in [6.07, 6.45) is 9.04. The van der Waals surface area contributed by atoms with Gasteiger partial charge in [0, 0.05) is 25.7 Å². The van der Waals surface area contributed by atoms with Crippen molar-refractivity contribution in [1.82, 2.24) is 5.32 Å². The lowest BCUT2D eigenvalue weighted by Gasteiger charge is -2.25. The van der Waals surface area contributed by atoms with E-state index in [1.54, 1.807) is 13.0 Å². The normalized spacial score (nSPS) is 19.8. The zero-order valence-electron chi connectivity index (χ0n) is 17.3. The van der Waals surface area contributed by atoms with E-state index in [1.807, 2.05) is 6.08 Å². The van der Waals surface area contributed by atoms with Crippen LogP contribution in [0.1, 0.15) is 45.4 Å². The molecule has 0 bridgehead atoms. The summed E-state index contributed by atoms with van der Waals surface area (Å²) in [7, 11) is 0. The molecule has 0 aromatic carbocycles. The van der Waals surface area contributed by atoms with Crippen LogP contribution in [0.4, 0.5) is 0 Å². The van der Waals surface area contributed by atoms with Crippen LogP contribution in [0.2, 0.25) is 0 Å². The SMILES string of the molecule is CC(=O)/C=C\C1CCC(C(=O)NCCCOCCOCCOCCCN)CC1. The van der Waals surface area contributed by atoms with Crippen LogP contribution in [-0.4, -0.2) is 64.4 Å². The van der Waals surface area contributed by atoms with Crippen LogP contribution in [-0.2, 0) is 23.8 Å². The molecule has 7 heteroatoms. The molecule has 1 rings (SSSR count). The molecule has 1 saturated carbocycles. The van der Waals surface area contributed by atoms with Gasteiger partial charge in [0.15, 0.2) is 5.78 Å². The third-order valence-electron chi connectivity index (χ3n) is 4.75. The molecule has 162 valence electrons. The van der Waals surface area contributed by atoms with Crippen LogP contribution < -0.4 is 11.1 Å². The first-order valence-electron chi connectivity index (χ1n) is 10.5. The van der Waals surface area contributed by atoms with Crippen LogP contribution in [0.5, 0.6) is 0 Å². The lowest BCUT2D eigenvalue weighted by atomic mass is 9.81. The quantitative estimate of drug-likeness (QED) is 0.304. The molecule has 0 aromatic rings. The van der Waals surface area contributed by atoms with Gasteiger partial charge in [0.2, 0.25) is 5.91 Å². The third kappa shape index (κ3) is 13.0. The molecule has 1 aliphatic carbocycles. The maximum atomic E-state index is 12.2. The summed E-state index contributed by atoms with van der Waals surface area (Å²) in [5.41, 5.74) is 5.37. The Morgan fingerprint density at radius 3 is 2.07 bits per heavy atom. The molecule has 1 amide bonds. The Balaban J connectivity index is 1.90. The number of ketones is 1. The average Bonchev–Trinajstić information content (AvgIpc) is 2.70. The standard InChI is InChI=1S/C21H38N2O5/c1-18(24)4-5-19-6-8-20(9-7-19)21(25)23-11-3-13-27-15-17-28-16-14-26-12-2-10-22/h4-5,19-20H,2-3,6-17,22H2,1H3,(H,23,25)/b5-4-. The first-order chi connectivity index (χ1) is 13.6. The van der Waals surface area contributed by atoms with Crippen molar-refractivity contribution >= 4 is 11.7 Å². The van der Waals surface area contributed by atoms with Crippen molar-refractivity contribution in [3.8, 4) is 0 Å². The van der Waals surface area contributed by atoms with Crippen molar-refractivity contribution in [3.05, 3.63) is 12.2 Å². The fraction of sp³-hybridized carbons (Fsp3) is 0.810. The fourth-order valence-electron chi connectivity index (χ4n) is 3.10. The highest BCUT2D eigenvalue weighted by molar-refractivity contribution is 5.87. The molecule has 0 spiro atoms. The van der Waals surface area contributed by atoms with Crippen LogP contribution in [0.15, 0.2) is 12.2 Å². The van der Waals surface area contributed by atoms with Gasteiger partial charge in [0.1, 0.15) is 0 Å². The molecule has 7 nitrogen and oxygen atoms in total. The van der Waals surface area contributed by atoms with Crippen molar-refractivity contribution in [3.63, 3.8) is 0 Å². The van der Waals surface area contributed by atoms with Crippen molar-refractivity contribution in [2.24, 2.45) is 17.6 Å². The molecule has 1 fully saturated rings. The van der Waals surface area contributed by atoms with E-state index in [1.165, 1.54) is 0 Å². The number of carbonyl (C=O) groups excluding carboxylic acids is 2. The van der Waals surface area contributed by atoms with Gasteiger partial charge in [-0.2, -0.15) is 0 Å². The van der Waals surface area contributed by atoms with Gasteiger partial charge in [-0.1, -0.05) is 6.08 Å². The zero-order valence-corrected chi connectivity index (χ0v) is 17.3. The molecule has 0 heterocycles. The second-order valence-electron chi connectivity index (χ2n) is 7.21. The summed E-state index contributed by atoms with van der Waals surface area (Å²) in [6, 6.07) is 0. The van der Waals surface area contributed by atoms with Crippen LogP contribution in [0.25, 0.3) is 0 Å². The minimum atomic E-state index is 0.0843. The lowest BCUT2D eigenvalue weighted by molar-refractivity contribution is -0.126. The molecule has 0 unspecified atom stereocenters. The highest BCUT2D eigenvalue weighted by Crippen LogP contribution is 2.29.